The number of carbonyl (C=O) groups excluding carboxylic acids is 1. The Kier molecular flexibility index (Phi) is 5.30. The van der Waals surface area contributed by atoms with E-state index in [9.17, 15) is 18.0 Å². The Morgan fingerprint density at radius 2 is 1.97 bits per heavy atom. The summed E-state index contributed by atoms with van der Waals surface area (Å²) in [7, 11) is 0. The first kappa shape index (κ1) is 20.8. The van der Waals surface area contributed by atoms with E-state index in [4.69, 9.17) is 0 Å². The van der Waals surface area contributed by atoms with E-state index >= 15 is 0 Å². The van der Waals surface area contributed by atoms with E-state index in [-0.39, 0.29) is 29.3 Å². The average molecular weight is 445 g/mol. The fourth-order valence-electron chi connectivity index (χ4n) is 4.50. The van der Waals surface area contributed by atoms with Crippen LogP contribution < -0.4 is 10.9 Å². The lowest BCUT2D eigenvalue weighted by molar-refractivity contribution is -0.143. The lowest BCUT2D eigenvalue weighted by atomic mass is 9.93. The zero-order valence-electron chi connectivity index (χ0n) is 17.1. The van der Waals surface area contributed by atoms with Crippen molar-refractivity contribution in [1.29, 1.82) is 0 Å². The Balaban J connectivity index is 1.32. The van der Waals surface area contributed by atoms with Crippen molar-refractivity contribution in [2.75, 3.05) is 13.1 Å². The fraction of sp³-hybridized carbons (Fsp3) is 0.429. The number of nitrogens with one attached hydrogen (secondary N) is 2. The standard InChI is InChI=1S/C21H22F3N7O/c22-21(23,24)18-10-15(27-20-25-12-26-31(18)20)14-7-4-8-30(11-14)19(32)17-9-16(28-29-17)13-5-2-1-3-6-13/h1-3,5-6,10,12,14,16-17,28-29H,4,7-9,11H2. The van der Waals surface area contributed by atoms with Crippen LogP contribution in [0.4, 0.5) is 13.2 Å². The van der Waals surface area contributed by atoms with Crippen LogP contribution in [0.3, 0.4) is 0 Å². The smallest absolute Gasteiger partial charge is 0.341 e. The summed E-state index contributed by atoms with van der Waals surface area (Å²) in [6.45, 7) is 0.893. The number of hydrogen-bond donors (Lipinski definition) is 2. The van der Waals surface area contributed by atoms with Crippen LogP contribution in [0.15, 0.2) is 42.7 Å². The van der Waals surface area contributed by atoms with Crippen molar-refractivity contribution in [3.8, 4) is 0 Å². The van der Waals surface area contributed by atoms with E-state index in [2.05, 4.69) is 25.9 Å². The number of halogens is 3. The van der Waals surface area contributed by atoms with E-state index in [1.807, 2.05) is 30.3 Å². The molecule has 8 nitrogen and oxygen atoms in total. The molecule has 4 heterocycles. The van der Waals surface area contributed by atoms with Crippen molar-refractivity contribution in [2.24, 2.45) is 0 Å². The molecule has 168 valence electrons. The number of fused-ring (bicyclic) bond motifs is 1. The van der Waals surface area contributed by atoms with Crippen molar-refractivity contribution in [3.05, 3.63) is 59.7 Å². The molecule has 2 saturated heterocycles. The van der Waals surface area contributed by atoms with Gasteiger partial charge in [-0.1, -0.05) is 30.3 Å². The number of benzene rings is 1. The van der Waals surface area contributed by atoms with Crippen molar-refractivity contribution in [1.82, 2.24) is 35.3 Å². The molecule has 0 spiro atoms. The van der Waals surface area contributed by atoms with Crippen molar-refractivity contribution < 1.29 is 18.0 Å². The number of rotatable bonds is 3. The maximum atomic E-state index is 13.5. The summed E-state index contributed by atoms with van der Waals surface area (Å²) in [5.74, 6) is -0.444. The Morgan fingerprint density at radius 3 is 2.75 bits per heavy atom. The highest BCUT2D eigenvalue weighted by Crippen LogP contribution is 2.33. The zero-order chi connectivity index (χ0) is 22.3. The van der Waals surface area contributed by atoms with E-state index < -0.39 is 17.9 Å². The molecule has 2 N–H and O–H groups in total. The molecule has 3 aromatic rings. The first-order chi connectivity index (χ1) is 15.4. The minimum absolute atomic E-state index is 0.0251. The molecule has 2 fully saturated rings. The van der Waals surface area contributed by atoms with Crippen LogP contribution in [0, 0.1) is 0 Å². The molecule has 2 aliphatic rings. The van der Waals surface area contributed by atoms with Crippen molar-refractivity contribution in [2.45, 2.75) is 43.4 Å². The van der Waals surface area contributed by atoms with Gasteiger partial charge in [0, 0.05) is 25.0 Å². The SMILES string of the molecule is O=C(C1CC(c2ccccc2)NN1)N1CCCC(c2cc(C(F)(F)F)n3ncnc3n2)C1. The largest absolute Gasteiger partial charge is 0.433 e. The minimum Gasteiger partial charge on any atom is -0.341 e. The predicted molar refractivity (Wildman–Crippen MR) is 108 cm³/mol. The van der Waals surface area contributed by atoms with Gasteiger partial charge in [-0.05, 0) is 30.9 Å². The number of carbonyl (C=O) groups is 1. The number of alkyl halides is 3. The van der Waals surface area contributed by atoms with Gasteiger partial charge in [0.05, 0.1) is 5.69 Å². The Bertz CT molecular complexity index is 1120. The molecule has 0 aliphatic carbocycles. The second-order valence-electron chi connectivity index (χ2n) is 8.20. The summed E-state index contributed by atoms with van der Waals surface area (Å²) in [6.07, 6.45) is -1.58. The molecule has 3 unspecified atom stereocenters. The summed E-state index contributed by atoms with van der Waals surface area (Å²) in [5.41, 5.74) is 6.72. The Hall–Kier alpha value is -3.05. The monoisotopic (exact) mass is 445 g/mol. The number of likely N-dealkylation sites (tertiary alicyclic amines) is 1. The van der Waals surface area contributed by atoms with Crippen molar-refractivity contribution >= 4 is 11.7 Å². The summed E-state index contributed by atoms with van der Waals surface area (Å²) >= 11 is 0. The number of piperidine rings is 1. The van der Waals surface area contributed by atoms with Crippen molar-refractivity contribution in [3.63, 3.8) is 0 Å². The van der Waals surface area contributed by atoms with Crippen LogP contribution in [0.1, 0.15) is 48.2 Å². The number of amides is 1. The minimum atomic E-state index is -4.58. The molecule has 0 radical (unpaired) electrons. The number of hydrazine groups is 1. The summed E-state index contributed by atoms with van der Waals surface area (Å²) in [6, 6.07) is 10.5. The lowest BCUT2D eigenvalue weighted by Gasteiger charge is -2.34. The molecule has 0 bridgehead atoms. The second kappa shape index (κ2) is 8.14. The van der Waals surface area contributed by atoms with Gasteiger partial charge in [-0.25, -0.2) is 15.8 Å². The highest BCUT2D eigenvalue weighted by molar-refractivity contribution is 5.82. The molecule has 5 rings (SSSR count). The molecule has 2 aromatic heterocycles. The Labute approximate surface area is 181 Å². The Morgan fingerprint density at radius 1 is 1.16 bits per heavy atom. The zero-order valence-corrected chi connectivity index (χ0v) is 17.1. The molecular weight excluding hydrogens is 423 g/mol. The molecular formula is C21H22F3N7O. The third-order valence-electron chi connectivity index (χ3n) is 6.12. The van der Waals surface area contributed by atoms with Gasteiger partial charge in [0.1, 0.15) is 12.4 Å². The normalized spacial score (nSPS) is 24.2. The van der Waals surface area contributed by atoms with Gasteiger partial charge in [-0.15, -0.1) is 0 Å². The fourth-order valence-corrected chi connectivity index (χ4v) is 4.50. The number of hydrogen-bond acceptors (Lipinski definition) is 6. The first-order valence-electron chi connectivity index (χ1n) is 10.5. The van der Waals surface area contributed by atoms with Gasteiger partial charge >= 0.3 is 6.18 Å². The molecule has 11 heteroatoms. The van der Waals surface area contributed by atoms with Crippen LogP contribution in [0.2, 0.25) is 0 Å². The van der Waals surface area contributed by atoms with Gasteiger partial charge in [0.2, 0.25) is 5.91 Å². The second-order valence-corrected chi connectivity index (χ2v) is 8.20. The van der Waals surface area contributed by atoms with Crippen LogP contribution >= 0.6 is 0 Å². The quantitative estimate of drug-likeness (QED) is 0.644. The molecule has 0 saturated carbocycles. The van der Waals surface area contributed by atoms with E-state index in [0.29, 0.717) is 36.9 Å². The lowest BCUT2D eigenvalue weighted by Crippen LogP contribution is -2.48. The van der Waals surface area contributed by atoms with Crippen LogP contribution in [0.25, 0.3) is 5.78 Å². The maximum absolute atomic E-state index is 13.5. The first-order valence-corrected chi connectivity index (χ1v) is 10.5. The predicted octanol–water partition coefficient (Wildman–Crippen LogP) is 2.46. The topological polar surface area (TPSA) is 87.5 Å². The van der Waals surface area contributed by atoms with Gasteiger partial charge in [0.15, 0.2) is 5.69 Å². The van der Waals surface area contributed by atoms with Gasteiger partial charge < -0.3 is 4.90 Å². The van der Waals surface area contributed by atoms with Gasteiger partial charge in [0.25, 0.3) is 5.78 Å². The number of aromatic nitrogens is 4. The van der Waals surface area contributed by atoms with E-state index in [0.717, 1.165) is 18.0 Å². The highest BCUT2D eigenvalue weighted by Gasteiger charge is 2.38. The van der Waals surface area contributed by atoms with Gasteiger partial charge in [-0.2, -0.15) is 27.8 Å². The average Bonchev–Trinajstić information content (AvgIpc) is 3.48. The third-order valence-corrected chi connectivity index (χ3v) is 6.12. The highest BCUT2D eigenvalue weighted by atomic mass is 19.4. The molecule has 2 aliphatic heterocycles. The summed E-state index contributed by atoms with van der Waals surface area (Å²) in [4.78, 5) is 23.0. The van der Waals surface area contributed by atoms with Crippen LogP contribution in [-0.2, 0) is 11.0 Å². The number of nitrogens with zero attached hydrogens (tertiary/aromatic N) is 5. The third kappa shape index (κ3) is 3.93. The van der Waals surface area contributed by atoms with Crippen LogP contribution in [0.5, 0.6) is 0 Å². The summed E-state index contributed by atoms with van der Waals surface area (Å²) < 4.78 is 41.3. The van der Waals surface area contributed by atoms with Gasteiger partial charge in [-0.3, -0.25) is 4.79 Å². The molecule has 1 amide bonds. The van der Waals surface area contributed by atoms with E-state index in [1.54, 1.807) is 4.90 Å². The molecule has 3 atom stereocenters. The maximum Gasteiger partial charge on any atom is 0.433 e. The van der Waals surface area contributed by atoms with Crippen LogP contribution in [-0.4, -0.2) is 49.5 Å². The molecule has 32 heavy (non-hydrogen) atoms. The molecule has 1 aromatic carbocycles. The van der Waals surface area contributed by atoms with E-state index in [1.165, 1.54) is 0 Å². The summed E-state index contributed by atoms with van der Waals surface area (Å²) in [5, 5.41) is 3.64.